The van der Waals surface area contributed by atoms with Gasteiger partial charge in [0.15, 0.2) is 11.5 Å². The minimum atomic E-state index is -0.0450. The highest BCUT2D eigenvalue weighted by atomic mass is 16.5. The van der Waals surface area contributed by atoms with E-state index in [1.807, 2.05) is 54.6 Å². The lowest BCUT2D eigenvalue weighted by Gasteiger charge is -2.12. The minimum Gasteiger partial charge on any atom is -0.494 e. The summed E-state index contributed by atoms with van der Waals surface area (Å²) in [6, 6.07) is 21.7. The van der Waals surface area contributed by atoms with Gasteiger partial charge in [0.2, 0.25) is 5.91 Å². The van der Waals surface area contributed by atoms with Gasteiger partial charge in [0.05, 0.1) is 38.3 Å². The van der Waals surface area contributed by atoms with E-state index in [0.29, 0.717) is 31.1 Å². The summed E-state index contributed by atoms with van der Waals surface area (Å²) in [6.45, 7) is 3.98. The fourth-order valence-corrected chi connectivity index (χ4v) is 4.24. The Labute approximate surface area is 212 Å². The van der Waals surface area contributed by atoms with Crippen LogP contribution < -0.4 is 19.5 Å². The number of amides is 1. The van der Waals surface area contributed by atoms with Crippen LogP contribution in [0, 0.1) is 6.92 Å². The molecule has 1 aromatic heterocycles. The van der Waals surface area contributed by atoms with Crippen molar-refractivity contribution in [1.82, 2.24) is 14.9 Å². The van der Waals surface area contributed by atoms with Crippen LogP contribution in [-0.4, -0.2) is 42.8 Å². The largest absolute Gasteiger partial charge is 0.494 e. The first kappa shape index (κ1) is 25.1. The Hall–Kier alpha value is -4.00. The number of benzene rings is 3. The maximum Gasteiger partial charge on any atom is 0.224 e. The highest BCUT2D eigenvalue weighted by Crippen LogP contribution is 2.27. The molecule has 1 amide bonds. The number of ether oxygens (including phenoxy) is 3. The average Bonchev–Trinajstić information content (AvgIpc) is 3.23. The zero-order valence-electron chi connectivity index (χ0n) is 21.1. The van der Waals surface area contributed by atoms with E-state index in [0.717, 1.165) is 41.1 Å². The molecule has 0 unspecified atom stereocenters. The third kappa shape index (κ3) is 6.36. The van der Waals surface area contributed by atoms with Crippen LogP contribution >= 0.6 is 0 Å². The normalized spacial score (nSPS) is 10.9. The number of rotatable bonds is 12. The average molecular weight is 488 g/mol. The van der Waals surface area contributed by atoms with Crippen LogP contribution in [0.15, 0.2) is 66.7 Å². The van der Waals surface area contributed by atoms with Gasteiger partial charge in [0.1, 0.15) is 11.6 Å². The number of nitrogens with one attached hydrogen (secondary N) is 1. The van der Waals surface area contributed by atoms with E-state index in [2.05, 4.69) is 28.9 Å². The molecule has 36 heavy (non-hydrogen) atoms. The lowest BCUT2D eigenvalue weighted by atomic mass is 10.1. The molecule has 0 radical (unpaired) electrons. The van der Waals surface area contributed by atoms with Crippen LogP contribution in [0.4, 0.5) is 0 Å². The first-order chi connectivity index (χ1) is 17.6. The zero-order chi connectivity index (χ0) is 25.3. The monoisotopic (exact) mass is 487 g/mol. The Balaban J connectivity index is 1.33. The van der Waals surface area contributed by atoms with Crippen LogP contribution in [0.25, 0.3) is 11.0 Å². The predicted octanol–water partition coefficient (Wildman–Crippen LogP) is 4.73. The first-order valence-electron chi connectivity index (χ1n) is 12.2. The number of hydrogen-bond acceptors (Lipinski definition) is 5. The van der Waals surface area contributed by atoms with Gasteiger partial charge in [-0.05, 0) is 60.9 Å². The highest BCUT2D eigenvalue weighted by molar-refractivity contribution is 5.79. The van der Waals surface area contributed by atoms with Crippen molar-refractivity contribution in [2.24, 2.45) is 0 Å². The summed E-state index contributed by atoms with van der Waals surface area (Å²) >= 11 is 0. The van der Waals surface area contributed by atoms with Gasteiger partial charge in [0, 0.05) is 19.5 Å². The molecule has 4 rings (SSSR count). The zero-order valence-corrected chi connectivity index (χ0v) is 21.1. The maximum atomic E-state index is 12.6. The van der Waals surface area contributed by atoms with Crippen molar-refractivity contribution >= 4 is 16.9 Å². The topological polar surface area (TPSA) is 74.6 Å². The van der Waals surface area contributed by atoms with E-state index in [4.69, 9.17) is 19.2 Å². The van der Waals surface area contributed by atoms with E-state index in [9.17, 15) is 4.79 Å². The van der Waals surface area contributed by atoms with Crippen molar-refractivity contribution in [2.75, 3.05) is 27.4 Å². The molecule has 0 aliphatic rings. The number of aryl methyl sites for hydroxylation is 2. The molecular formula is C29H33N3O4. The van der Waals surface area contributed by atoms with Crippen molar-refractivity contribution in [3.05, 3.63) is 83.7 Å². The van der Waals surface area contributed by atoms with Crippen LogP contribution in [-0.2, 0) is 24.2 Å². The quantitative estimate of drug-likeness (QED) is 0.293. The first-order valence-corrected chi connectivity index (χ1v) is 12.2. The lowest BCUT2D eigenvalue weighted by Crippen LogP contribution is -2.28. The number of nitrogens with zero attached hydrogens (tertiary/aromatic N) is 2. The number of para-hydroxylation sites is 2. The number of imidazole rings is 1. The summed E-state index contributed by atoms with van der Waals surface area (Å²) < 4.78 is 18.8. The highest BCUT2D eigenvalue weighted by Gasteiger charge is 2.12. The lowest BCUT2D eigenvalue weighted by molar-refractivity contribution is -0.120. The summed E-state index contributed by atoms with van der Waals surface area (Å²) in [6.07, 6.45) is 1.77. The van der Waals surface area contributed by atoms with Crippen molar-refractivity contribution in [1.29, 1.82) is 0 Å². The smallest absolute Gasteiger partial charge is 0.224 e. The molecule has 0 atom stereocenters. The summed E-state index contributed by atoms with van der Waals surface area (Å²) in [7, 11) is 3.18. The van der Waals surface area contributed by atoms with E-state index in [1.165, 1.54) is 5.56 Å². The Kier molecular flexibility index (Phi) is 8.44. The molecule has 0 aliphatic carbocycles. The molecule has 0 aliphatic heterocycles. The Bertz CT molecular complexity index is 1320. The molecule has 188 valence electrons. The van der Waals surface area contributed by atoms with E-state index in [1.54, 1.807) is 14.2 Å². The number of carbonyl (C=O) groups excluding carboxylic acids is 1. The van der Waals surface area contributed by atoms with Crippen LogP contribution in [0.2, 0.25) is 0 Å². The van der Waals surface area contributed by atoms with Gasteiger partial charge in [-0.25, -0.2) is 4.98 Å². The van der Waals surface area contributed by atoms with Crippen molar-refractivity contribution in [3.8, 4) is 17.2 Å². The van der Waals surface area contributed by atoms with Crippen molar-refractivity contribution < 1.29 is 19.0 Å². The molecule has 0 saturated carbocycles. The number of fused-ring (bicyclic) bond motifs is 1. The second-order valence-electron chi connectivity index (χ2n) is 8.65. The van der Waals surface area contributed by atoms with E-state index < -0.39 is 0 Å². The van der Waals surface area contributed by atoms with Crippen LogP contribution in [0.3, 0.4) is 0 Å². The Morgan fingerprint density at radius 2 is 1.81 bits per heavy atom. The van der Waals surface area contributed by atoms with E-state index >= 15 is 0 Å². The van der Waals surface area contributed by atoms with Gasteiger partial charge in [0.25, 0.3) is 0 Å². The van der Waals surface area contributed by atoms with E-state index in [-0.39, 0.29) is 12.3 Å². The predicted molar refractivity (Wildman–Crippen MR) is 141 cm³/mol. The second-order valence-corrected chi connectivity index (χ2v) is 8.65. The molecule has 1 N–H and O–H groups in total. The minimum absolute atomic E-state index is 0.0450. The SMILES string of the molecule is COc1ccc(CC(=O)NCCc2nc3ccccc3n2CCCOc2cccc(C)c2)cc1OC. The molecule has 7 heteroatoms. The van der Waals surface area contributed by atoms with Crippen LogP contribution in [0.5, 0.6) is 17.2 Å². The number of carbonyl (C=O) groups is 1. The molecule has 3 aromatic carbocycles. The summed E-state index contributed by atoms with van der Waals surface area (Å²) in [5.74, 6) is 3.06. The third-order valence-corrected chi connectivity index (χ3v) is 6.00. The summed E-state index contributed by atoms with van der Waals surface area (Å²) in [4.78, 5) is 17.4. The van der Waals surface area contributed by atoms with Crippen molar-refractivity contribution in [2.45, 2.75) is 32.7 Å². The standard InChI is InChI=1S/C29H33N3O4/c1-21-8-6-9-23(18-21)36-17-7-16-32-25-11-5-4-10-24(25)31-28(32)14-15-30-29(33)20-22-12-13-26(34-2)27(19-22)35-3/h4-6,8-13,18-19H,7,14-17,20H2,1-3H3,(H,30,33). The number of methoxy groups -OCH3 is 2. The third-order valence-electron chi connectivity index (χ3n) is 6.00. The fourth-order valence-electron chi connectivity index (χ4n) is 4.24. The molecule has 1 heterocycles. The molecular weight excluding hydrogens is 454 g/mol. The second kappa shape index (κ2) is 12.1. The van der Waals surface area contributed by atoms with Crippen molar-refractivity contribution in [3.63, 3.8) is 0 Å². The van der Waals surface area contributed by atoms with Gasteiger partial charge in [-0.3, -0.25) is 4.79 Å². The molecule has 0 spiro atoms. The molecule has 4 aromatic rings. The molecule has 0 fully saturated rings. The maximum absolute atomic E-state index is 12.6. The van der Waals surface area contributed by atoms with Crippen LogP contribution in [0.1, 0.15) is 23.4 Å². The Morgan fingerprint density at radius 3 is 2.61 bits per heavy atom. The fraction of sp³-hybridized carbons (Fsp3) is 0.310. The molecule has 7 nitrogen and oxygen atoms in total. The number of hydrogen-bond donors (Lipinski definition) is 1. The summed E-state index contributed by atoms with van der Waals surface area (Å²) in [5, 5.41) is 3.02. The van der Waals surface area contributed by atoms with Gasteiger partial charge in [-0.15, -0.1) is 0 Å². The van der Waals surface area contributed by atoms with Gasteiger partial charge in [-0.2, -0.15) is 0 Å². The summed E-state index contributed by atoms with van der Waals surface area (Å²) in [5.41, 5.74) is 4.11. The number of aromatic nitrogens is 2. The molecule has 0 bridgehead atoms. The van der Waals surface area contributed by atoms with Gasteiger partial charge >= 0.3 is 0 Å². The molecule has 0 saturated heterocycles. The van der Waals surface area contributed by atoms with Gasteiger partial charge < -0.3 is 24.1 Å². The van der Waals surface area contributed by atoms with Gasteiger partial charge in [-0.1, -0.05) is 30.3 Å². The Morgan fingerprint density at radius 1 is 0.972 bits per heavy atom.